The van der Waals surface area contributed by atoms with Gasteiger partial charge in [0.05, 0.1) is 5.41 Å². The second-order valence-electron chi connectivity index (χ2n) is 5.97. The zero-order valence-corrected chi connectivity index (χ0v) is 13.8. The molecule has 1 fully saturated rings. The molecule has 25 heavy (non-hydrogen) atoms. The summed E-state index contributed by atoms with van der Waals surface area (Å²) in [6, 6.07) is 13.0. The lowest BCUT2D eigenvalue weighted by Gasteiger charge is -2.16. The van der Waals surface area contributed by atoms with Crippen molar-refractivity contribution in [3.8, 4) is 5.75 Å². The fourth-order valence-electron chi connectivity index (χ4n) is 2.59. The predicted molar refractivity (Wildman–Crippen MR) is 89.0 cm³/mol. The van der Waals surface area contributed by atoms with Gasteiger partial charge in [-0.2, -0.15) is 13.2 Å². The fourth-order valence-corrected chi connectivity index (χ4v) is 2.72. The molecule has 2 aromatic rings. The molecule has 2 aromatic carbocycles. The van der Waals surface area contributed by atoms with Crippen LogP contribution < -0.4 is 10.1 Å². The minimum absolute atomic E-state index is 0.0918. The van der Waals surface area contributed by atoms with E-state index in [-0.39, 0.29) is 11.7 Å². The summed E-state index contributed by atoms with van der Waals surface area (Å²) < 4.78 is 41.0. The summed E-state index contributed by atoms with van der Waals surface area (Å²) in [5.41, 5.74) is 0.847. The van der Waals surface area contributed by atoms with Crippen molar-refractivity contribution in [2.45, 2.75) is 24.4 Å². The van der Waals surface area contributed by atoms with E-state index in [1.807, 2.05) is 12.1 Å². The number of hydrogen-bond donors (Lipinski definition) is 1. The number of alkyl halides is 3. The van der Waals surface area contributed by atoms with Crippen LogP contribution in [-0.4, -0.2) is 18.7 Å². The number of anilines is 1. The highest BCUT2D eigenvalue weighted by Crippen LogP contribution is 2.49. The minimum atomic E-state index is -4.39. The zero-order valence-electron chi connectivity index (χ0n) is 13.1. The van der Waals surface area contributed by atoms with Gasteiger partial charge >= 0.3 is 6.18 Å². The van der Waals surface area contributed by atoms with Gasteiger partial charge < -0.3 is 10.1 Å². The van der Waals surface area contributed by atoms with E-state index in [4.69, 9.17) is 11.6 Å². The summed E-state index contributed by atoms with van der Waals surface area (Å²) in [5, 5.41) is 3.41. The van der Waals surface area contributed by atoms with E-state index in [0.29, 0.717) is 10.7 Å². The van der Waals surface area contributed by atoms with Crippen LogP contribution in [0, 0.1) is 0 Å². The van der Waals surface area contributed by atoms with E-state index >= 15 is 0 Å². The van der Waals surface area contributed by atoms with Crippen molar-refractivity contribution < 1.29 is 22.7 Å². The average molecular weight is 370 g/mol. The van der Waals surface area contributed by atoms with Crippen LogP contribution in [0.3, 0.4) is 0 Å². The average Bonchev–Trinajstić information content (AvgIpc) is 3.36. The molecule has 3 nitrogen and oxygen atoms in total. The molecule has 7 heteroatoms. The van der Waals surface area contributed by atoms with Crippen molar-refractivity contribution in [1.29, 1.82) is 0 Å². The van der Waals surface area contributed by atoms with Crippen molar-refractivity contribution in [3.05, 3.63) is 59.1 Å². The summed E-state index contributed by atoms with van der Waals surface area (Å²) in [6.07, 6.45) is -2.90. The first-order chi connectivity index (χ1) is 11.8. The Balaban J connectivity index is 1.64. The van der Waals surface area contributed by atoms with E-state index in [0.717, 1.165) is 18.4 Å². The lowest BCUT2D eigenvalue weighted by Crippen LogP contribution is -2.27. The number of hydrogen-bond acceptors (Lipinski definition) is 2. The van der Waals surface area contributed by atoms with Crippen molar-refractivity contribution in [3.63, 3.8) is 0 Å². The number of benzene rings is 2. The lowest BCUT2D eigenvalue weighted by molar-refractivity contribution is -0.153. The van der Waals surface area contributed by atoms with Crippen LogP contribution in [0.1, 0.15) is 18.4 Å². The first-order valence-corrected chi connectivity index (χ1v) is 8.03. The topological polar surface area (TPSA) is 38.3 Å². The molecule has 0 saturated heterocycles. The molecule has 0 heterocycles. The van der Waals surface area contributed by atoms with Gasteiger partial charge in [-0.05, 0) is 54.8 Å². The number of carbonyl (C=O) groups is 1. The molecule has 0 spiro atoms. The van der Waals surface area contributed by atoms with Gasteiger partial charge in [-0.15, -0.1) is 0 Å². The molecular formula is C18H15ClF3NO2. The Hall–Kier alpha value is -2.21. The fraction of sp³-hybridized carbons (Fsp3) is 0.278. The number of amides is 1. The van der Waals surface area contributed by atoms with Gasteiger partial charge in [0.25, 0.3) is 0 Å². The Morgan fingerprint density at radius 1 is 1.08 bits per heavy atom. The zero-order chi connectivity index (χ0) is 18.1. The van der Waals surface area contributed by atoms with Gasteiger partial charge in [-0.3, -0.25) is 4.79 Å². The van der Waals surface area contributed by atoms with Crippen molar-refractivity contribution >= 4 is 23.2 Å². The van der Waals surface area contributed by atoms with Crippen molar-refractivity contribution in [1.82, 2.24) is 0 Å². The van der Waals surface area contributed by atoms with Gasteiger partial charge in [0.2, 0.25) is 5.91 Å². The maximum atomic E-state index is 12.6. The van der Waals surface area contributed by atoms with E-state index < -0.39 is 18.2 Å². The SMILES string of the molecule is O=C(Nc1ccc(OCC(F)(F)F)cc1)C1(c2ccc(Cl)cc2)CC1. The summed E-state index contributed by atoms with van der Waals surface area (Å²) in [7, 11) is 0. The minimum Gasteiger partial charge on any atom is -0.484 e. The Morgan fingerprint density at radius 2 is 1.68 bits per heavy atom. The second kappa shape index (κ2) is 6.59. The number of halogens is 4. The molecule has 0 atom stereocenters. The molecule has 1 amide bonds. The standard InChI is InChI=1S/C18H15ClF3NO2/c19-13-3-1-12(2-4-13)17(9-10-17)16(24)23-14-5-7-15(8-6-14)25-11-18(20,21)22/h1-8H,9-11H2,(H,23,24). The molecule has 0 bridgehead atoms. The quantitative estimate of drug-likeness (QED) is 0.809. The van der Waals surface area contributed by atoms with Crippen molar-refractivity contribution in [2.75, 3.05) is 11.9 Å². The van der Waals surface area contributed by atoms with Crippen LogP contribution >= 0.6 is 11.6 Å². The molecule has 0 aromatic heterocycles. The van der Waals surface area contributed by atoms with Gasteiger partial charge in [-0.25, -0.2) is 0 Å². The van der Waals surface area contributed by atoms with Crippen molar-refractivity contribution in [2.24, 2.45) is 0 Å². The molecule has 1 saturated carbocycles. The largest absolute Gasteiger partial charge is 0.484 e. The molecule has 1 aliphatic carbocycles. The maximum Gasteiger partial charge on any atom is 0.422 e. The highest BCUT2D eigenvalue weighted by Gasteiger charge is 2.51. The third kappa shape index (κ3) is 4.25. The molecule has 0 radical (unpaired) electrons. The summed E-state index contributed by atoms with van der Waals surface area (Å²) in [6.45, 7) is -1.35. The molecule has 3 rings (SSSR count). The lowest BCUT2D eigenvalue weighted by atomic mass is 9.95. The Kier molecular flexibility index (Phi) is 4.64. The van der Waals surface area contributed by atoms with Gasteiger partial charge in [0.15, 0.2) is 6.61 Å². The molecule has 132 valence electrons. The van der Waals surface area contributed by atoms with E-state index in [1.165, 1.54) is 24.3 Å². The third-order valence-corrected chi connectivity index (χ3v) is 4.35. The van der Waals surface area contributed by atoms with E-state index in [1.54, 1.807) is 12.1 Å². The summed E-state index contributed by atoms with van der Waals surface area (Å²) >= 11 is 5.88. The van der Waals surface area contributed by atoms with Crippen LogP contribution in [0.25, 0.3) is 0 Å². The van der Waals surface area contributed by atoms with E-state index in [2.05, 4.69) is 10.1 Å². The highest BCUT2D eigenvalue weighted by atomic mass is 35.5. The first kappa shape index (κ1) is 17.6. The monoisotopic (exact) mass is 369 g/mol. The van der Waals surface area contributed by atoms with Crippen LogP contribution in [0.4, 0.5) is 18.9 Å². The van der Waals surface area contributed by atoms with E-state index in [9.17, 15) is 18.0 Å². The number of rotatable bonds is 5. The third-order valence-electron chi connectivity index (χ3n) is 4.10. The summed E-state index contributed by atoms with van der Waals surface area (Å²) in [4.78, 5) is 12.6. The van der Waals surface area contributed by atoms with Crippen LogP contribution in [0.5, 0.6) is 5.75 Å². The van der Waals surface area contributed by atoms with Crippen LogP contribution in [0.2, 0.25) is 5.02 Å². The smallest absolute Gasteiger partial charge is 0.422 e. The number of carbonyl (C=O) groups excluding carboxylic acids is 1. The Morgan fingerprint density at radius 3 is 2.20 bits per heavy atom. The second-order valence-corrected chi connectivity index (χ2v) is 6.41. The predicted octanol–water partition coefficient (Wildman–Crippen LogP) is 4.95. The Bertz CT molecular complexity index is 753. The van der Waals surface area contributed by atoms with Crippen LogP contribution in [-0.2, 0) is 10.2 Å². The molecular weight excluding hydrogens is 355 g/mol. The van der Waals surface area contributed by atoms with Gasteiger partial charge in [-0.1, -0.05) is 23.7 Å². The normalized spacial score (nSPS) is 15.5. The summed E-state index contributed by atoms with van der Waals surface area (Å²) in [5.74, 6) is -0.0482. The molecule has 1 N–H and O–H groups in total. The molecule has 0 unspecified atom stereocenters. The first-order valence-electron chi connectivity index (χ1n) is 7.66. The highest BCUT2D eigenvalue weighted by molar-refractivity contribution is 6.30. The number of nitrogens with one attached hydrogen (secondary N) is 1. The maximum absolute atomic E-state index is 12.6. The Labute approximate surface area is 147 Å². The molecule has 0 aliphatic heterocycles. The van der Waals surface area contributed by atoms with Crippen LogP contribution in [0.15, 0.2) is 48.5 Å². The molecule has 1 aliphatic rings. The van der Waals surface area contributed by atoms with Gasteiger partial charge in [0, 0.05) is 10.7 Å². The van der Waals surface area contributed by atoms with Gasteiger partial charge in [0.1, 0.15) is 5.75 Å². The number of ether oxygens (including phenoxy) is 1.